The van der Waals surface area contributed by atoms with Gasteiger partial charge in [0.25, 0.3) is 0 Å². The molecule has 0 saturated heterocycles. The second-order valence-electron chi connectivity index (χ2n) is 5.43. The number of phenolic OH excluding ortho intramolecular Hbond substituents is 2. The number of hydroxylamine groups is 2. The Morgan fingerprint density at radius 3 is 2.70 bits per heavy atom. The van der Waals surface area contributed by atoms with Gasteiger partial charge in [-0.25, -0.2) is 5.06 Å². The summed E-state index contributed by atoms with van der Waals surface area (Å²) in [5.41, 5.74) is 0.780. The smallest absolute Gasteiger partial charge is 0.233 e. The fraction of sp³-hybridized carbons (Fsp3) is 0.500. The van der Waals surface area contributed by atoms with Crippen LogP contribution in [0.25, 0.3) is 0 Å². The number of hydrogen-bond donors (Lipinski definition) is 4. The van der Waals surface area contributed by atoms with E-state index in [1.807, 2.05) is 6.92 Å². The number of aromatic hydroxyl groups is 2. The molecule has 0 saturated carbocycles. The van der Waals surface area contributed by atoms with Crippen molar-refractivity contribution in [3.63, 3.8) is 0 Å². The van der Waals surface area contributed by atoms with E-state index < -0.39 is 5.92 Å². The quantitative estimate of drug-likeness (QED) is 0.225. The fourth-order valence-corrected chi connectivity index (χ4v) is 2.22. The van der Waals surface area contributed by atoms with Gasteiger partial charge in [0.1, 0.15) is 0 Å². The molecule has 1 rings (SSSR count). The van der Waals surface area contributed by atoms with Gasteiger partial charge in [-0.05, 0) is 30.5 Å². The first-order chi connectivity index (χ1) is 11.0. The van der Waals surface area contributed by atoms with Crippen molar-refractivity contribution in [1.29, 1.82) is 0 Å². The molecule has 0 aliphatic rings. The molecule has 0 aliphatic carbocycles. The molecule has 4 N–H and O–H groups in total. The minimum Gasteiger partial charge on any atom is -0.504 e. The molecule has 1 aromatic carbocycles. The van der Waals surface area contributed by atoms with Gasteiger partial charge in [-0.3, -0.25) is 14.8 Å². The molecule has 0 spiro atoms. The lowest BCUT2D eigenvalue weighted by atomic mass is 10.0. The minimum atomic E-state index is -0.460. The molecule has 128 valence electrons. The van der Waals surface area contributed by atoms with E-state index in [2.05, 4.69) is 5.32 Å². The number of unbranched alkanes of at least 4 members (excludes halogenated alkanes) is 1. The van der Waals surface area contributed by atoms with Crippen LogP contribution in [-0.2, 0) is 16.0 Å². The molecule has 0 bridgehead atoms. The van der Waals surface area contributed by atoms with E-state index in [1.54, 1.807) is 6.07 Å². The van der Waals surface area contributed by atoms with Crippen LogP contribution in [0.5, 0.6) is 11.5 Å². The monoisotopic (exact) mass is 324 g/mol. The van der Waals surface area contributed by atoms with Crippen molar-refractivity contribution in [1.82, 2.24) is 10.4 Å². The van der Waals surface area contributed by atoms with Crippen LogP contribution in [0.15, 0.2) is 18.2 Å². The van der Waals surface area contributed by atoms with Crippen molar-refractivity contribution in [2.24, 2.45) is 5.92 Å². The highest BCUT2D eigenvalue weighted by Gasteiger charge is 2.20. The minimum absolute atomic E-state index is 0.0324. The number of rotatable bonds is 10. The second-order valence-corrected chi connectivity index (χ2v) is 5.43. The molecule has 0 fully saturated rings. The number of carbonyl (C=O) groups is 2. The maximum absolute atomic E-state index is 12.2. The number of phenols is 2. The highest BCUT2D eigenvalue weighted by molar-refractivity contribution is 5.79. The Morgan fingerprint density at radius 1 is 1.35 bits per heavy atom. The van der Waals surface area contributed by atoms with Crippen LogP contribution in [0, 0.1) is 5.92 Å². The molecular formula is C16H24N2O5. The number of amides is 2. The van der Waals surface area contributed by atoms with Gasteiger partial charge in [-0.2, -0.15) is 0 Å². The molecule has 1 unspecified atom stereocenters. The SMILES string of the molecule is CCCCC(CN(O)C=O)C(=O)NCCc1ccc(O)c(O)c1. The van der Waals surface area contributed by atoms with Crippen molar-refractivity contribution >= 4 is 12.3 Å². The molecule has 23 heavy (non-hydrogen) atoms. The van der Waals surface area contributed by atoms with Crippen LogP contribution in [0.3, 0.4) is 0 Å². The first kappa shape index (κ1) is 18.8. The average molecular weight is 324 g/mol. The van der Waals surface area contributed by atoms with Crippen molar-refractivity contribution in [3.05, 3.63) is 23.8 Å². The molecular weight excluding hydrogens is 300 g/mol. The highest BCUT2D eigenvalue weighted by atomic mass is 16.5. The standard InChI is InChI=1S/C16H24N2O5/c1-2-3-4-13(10-18(23)11-19)16(22)17-8-7-12-5-6-14(20)15(21)9-12/h5-6,9,11,13,20-21,23H,2-4,7-8,10H2,1H3,(H,17,22). The predicted molar refractivity (Wildman–Crippen MR) is 84.1 cm³/mol. The maximum Gasteiger partial charge on any atom is 0.233 e. The first-order valence-corrected chi connectivity index (χ1v) is 7.67. The second kappa shape index (κ2) is 9.68. The van der Waals surface area contributed by atoms with Gasteiger partial charge in [0, 0.05) is 6.54 Å². The molecule has 0 aliphatic heterocycles. The molecule has 7 heteroatoms. The van der Waals surface area contributed by atoms with Gasteiger partial charge in [-0.1, -0.05) is 25.8 Å². The molecule has 1 aromatic rings. The number of carbonyl (C=O) groups excluding carboxylic acids is 2. The van der Waals surface area contributed by atoms with Crippen molar-refractivity contribution < 1.29 is 25.0 Å². The van der Waals surface area contributed by atoms with E-state index in [1.165, 1.54) is 12.1 Å². The zero-order valence-corrected chi connectivity index (χ0v) is 13.2. The third-order valence-corrected chi connectivity index (χ3v) is 3.56. The van der Waals surface area contributed by atoms with Gasteiger partial charge in [0.05, 0.1) is 12.5 Å². The van der Waals surface area contributed by atoms with Crippen LogP contribution in [0.4, 0.5) is 0 Å². The van der Waals surface area contributed by atoms with Gasteiger partial charge in [0.15, 0.2) is 11.5 Å². The van der Waals surface area contributed by atoms with E-state index in [0.717, 1.165) is 18.4 Å². The topological polar surface area (TPSA) is 110 Å². The Balaban J connectivity index is 2.49. The van der Waals surface area contributed by atoms with Crippen LogP contribution in [0.2, 0.25) is 0 Å². The molecule has 0 heterocycles. The number of nitrogens with one attached hydrogen (secondary N) is 1. The summed E-state index contributed by atoms with van der Waals surface area (Å²) in [5.74, 6) is -1.06. The van der Waals surface area contributed by atoms with Gasteiger partial charge in [-0.15, -0.1) is 0 Å². The fourth-order valence-electron chi connectivity index (χ4n) is 2.22. The summed E-state index contributed by atoms with van der Waals surface area (Å²) in [6.45, 7) is 2.33. The third kappa shape index (κ3) is 6.56. The maximum atomic E-state index is 12.2. The Hall–Kier alpha value is -2.28. The molecule has 2 amide bonds. The zero-order chi connectivity index (χ0) is 17.2. The largest absolute Gasteiger partial charge is 0.504 e. The number of nitrogens with zero attached hydrogens (tertiary/aromatic N) is 1. The van der Waals surface area contributed by atoms with Crippen LogP contribution in [-0.4, -0.2) is 45.9 Å². The lowest BCUT2D eigenvalue weighted by molar-refractivity contribution is -0.154. The normalized spacial score (nSPS) is 11.7. The summed E-state index contributed by atoms with van der Waals surface area (Å²) in [7, 11) is 0. The van der Waals surface area contributed by atoms with Crippen LogP contribution < -0.4 is 5.32 Å². The lowest BCUT2D eigenvalue weighted by Gasteiger charge is -2.19. The molecule has 1 atom stereocenters. The number of hydrogen-bond acceptors (Lipinski definition) is 5. The summed E-state index contributed by atoms with van der Waals surface area (Å²) >= 11 is 0. The van der Waals surface area contributed by atoms with Crippen molar-refractivity contribution in [2.75, 3.05) is 13.1 Å². The van der Waals surface area contributed by atoms with E-state index in [-0.39, 0.29) is 30.4 Å². The van der Waals surface area contributed by atoms with E-state index in [4.69, 9.17) is 0 Å². The summed E-state index contributed by atoms with van der Waals surface area (Å²) in [6, 6.07) is 4.50. The molecule has 0 radical (unpaired) electrons. The predicted octanol–water partition coefficient (Wildman–Crippen LogP) is 1.41. The number of benzene rings is 1. The average Bonchev–Trinajstić information content (AvgIpc) is 2.54. The van der Waals surface area contributed by atoms with Crippen molar-refractivity contribution in [3.8, 4) is 11.5 Å². The van der Waals surface area contributed by atoms with Crippen LogP contribution >= 0.6 is 0 Å². The highest BCUT2D eigenvalue weighted by Crippen LogP contribution is 2.24. The van der Waals surface area contributed by atoms with E-state index in [0.29, 0.717) is 24.4 Å². The summed E-state index contributed by atoms with van der Waals surface area (Å²) < 4.78 is 0. The first-order valence-electron chi connectivity index (χ1n) is 7.67. The Labute approximate surface area is 135 Å². The summed E-state index contributed by atoms with van der Waals surface area (Å²) in [5, 5.41) is 31.2. The molecule has 7 nitrogen and oxygen atoms in total. The third-order valence-electron chi connectivity index (χ3n) is 3.56. The van der Waals surface area contributed by atoms with E-state index in [9.17, 15) is 25.0 Å². The summed E-state index contributed by atoms with van der Waals surface area (Å²) in [6.07, 6.45) is 3.12. The Kier molecular flexibility index (Phi) is 7.90. The van der Waals surface area contributed by atoms with Gasteiger partial charge in [0.2, 0.25) is 12.3 Å². The molecule has 0 aromatic heterocycles. The van der Waals surface area contributed by atoms with E-state index >= 15 is 0 Å². The van der Waals surface area contributed by atoms with Gasteiger partial charge < -0.3 is 15.5 Å². The Bertz CT molecular complexity index is 521. The Morgan fingerprint density at radius 2 is 2.09 bits per heavy atom. The van der Waals surface area contributed by atoms with Gasteiger partial charge >= 0.3 is 0 Å². The zero-order valence-electron chi connectivity index (χ0n) is 13.2. The summed E-state index contributed by atoms with van der Waals surface area (Å²) in [4.78, 5) is 22.7. The van der Waals surface area contributed by atoms with Crippen LogP contribution in [0.1, 0.15) is 31.7 Å². The van der Waals surface area contributed by atoms with Crippen molar-refractivity contribution in [2.45, 2.75) is 32.6 Å². The lowest BCUT2D eigenvalue weighted by Crippen LogP contribution is -2.38.